The van der Waals surface area contributed by atoms with Crippen LogP contribution in [0, 0.1) is 11.8 Å². The van der Waals surface area contributed by atoms with Gasteiger partial charge in [0.15, 0.2) is 0 Å². The van der Waals surface area contributed by atoms with Gasteiger partial charge < -0.3 is 16.0 Å². The number of likely N-dealkylation sites (tertiary alicyclic amines) is 1. The summed E-state index contributed by atoms with van der Waals surface area (Å²) in [5, 5.41) is 3.44. The Hall–Kier alpha value is -0.610. The van der Waals surface area contributed by atoms with Crippen molar-refractivity contribution in [2.75, 3.05) is 32.7 Å². The fourth-order valence-corrected chi connectivity index (χ4v) is 3.63. The second-order valence-corrected chi connectivity index (χ2v) is 6.63. The molecule has 4 nitrogen and oxygen atoms in total. The molecule has 4 heteroatoms. The van der Waals surface area contributed by atoms with E-state index in [0.717, 1.165) is 31.5 Å². The van der Waals surface area contributed by atoms with Gasteiger partial charge >= 0.3 is 0 Å². The van der Waals surface area contributed by atoms with Gasteiger partial charge in [-0.15, -0.1) is 0 Å². The number of hydrogen-bond donors (Lipinski definition) is 2. The zero-order chi connectivity index (χ0) is 14.2. The molecule has 0 atom stereocenters. The van der Waals surface area contributed by atoms with E-state index in [9.17, 15) is 4.79 Å². The quantitative estimate of drug-likeness (QED) is 0.747. The number of hydrogen-bond acceptors (Lipinski definition) is 3. The Morgan fingerprint density at radius 3 is 2.25 bits per heavy atom. The average Bonchev–Trinajstić information content (AvgIpc) is 2.47. The van der Waals surface area contributed by atoms with Crippen LogP contribution in [0.5, 0.6) is 0 Å². The first-order valence-corrected chi connectivity index (χ1v) is 8.45. The first kappa shape index (κ1) is 15.8. The van der Waals surface area contributed by atoms with E-state index in [1.165, 1.54) is 58.0 Å². The Labute approximate surface area is 123 Å². The van der Waals surface area contributed by atoms with Gasteiger partial charge in [0.05, 0.1) is 0 Å². The van der Waals surface area contributed by atoms with Crippen molar-refractivity contribution >= 4 is 5.91 Å². The maximum absolute atomic E-state index is 10.8. The average molecular weight is 281 g/mol. The molecule has 0 bridgehead atoms. The van der Waals surface area contributed by atoms with E-state index in [4.69, 9.17) is 5.73 Å². The van der Waals surface area contributed by atoms with Crippen molar-refractivity contribution < 1.29 is 4.79 Å². The van der Waals surface area contributed by atoms with E-state index in [-0.39, 0.29) is 5.91 Å². The number of piperidine rings is 2. The van der Waals surface area contributed by atoms with Crippen LogP contribution < -0.4 is 11.1 Å². The van der Waals surface area contributed by atoms with Gasteiger partial charge in [-0.1, -0.05) is 19.3 Å². The zero-order valence-electron chi connectivity index (χ0n) is 12.8. The Balaban J connectivity index is 1.52. The van der Waals surface area contributed by atoms with Crippen molar-refractivity contribution in [1.29, 1.82) is 0 Å². The first-order valence-electron chi connectivity index (χ1n) is 8.45. The van der Waals surface area contributed by atoms with Crippen molar-refractivity contribution in [2.45, 2.75) is 51.4 Å². The SMILES string of the molecule is NC(=O)CCN1CCC(CCCC2CCNCC2)CC1. The van der Waals surface area contributed by atoms with Crippen LogP contribution >= 0.6 is 0 Å². The number of carbonyl (C=O) groups excluding carboxylic acids is 1. The Kier molecular flexibility index (Phi) is 6.80. The lowest BCUT2D eigenvalue weighted by Gasteiger charge is -2.32. The summed E-state index contributed by atoms with van der Waals surface area (Å²) in [7, 11) is 0. The molecule has 116 valence electrons. The van der Waals surface area contributed by atoms with Gasteiger partial charge in [-0.3, -0.25) is 4.79 Å². The molecule has 0 aromatic heterocycles. The van der Waals surface area contributed by atoms with E-state index in [0.29, 0.717) is 6.42 Å². The topological polar surface area (TPSA) is 58.4 Å². The highest BCUT2D eigenvalue weighted by Gasteiger charge is 2.20. The number of primary amides is 1. The fraction of sp³-hybridized carbons (Fsp3) is 0.938. The minimum Gasteiger partial charge on any atom is -0.370 e. The molecule has 0 unspecified atom stereocenters. The Bertz CT molecular complexity index is 281. The lowest BCUT2D eigenvalue weighted by atomic mass is 9.87. The van der Waals surface area contributed by atoms with Gasteiger partial charge in [0.2, 0.25) is 5.91 Å². The monoisotopic (exact) mass is 281 g/mol. The minimum absolute atomic E-state index is 0.172. The van der Waals surface area contributed by atoms with Crippen LogP contribution in [-0.4, -0.2) is 43.5 Å². The number of nitrogens with one attached hydrogen (secondary N) is 1. The van der Waals surface area contributed by atoms with Crippen LogP contribution in [0.4, 0.5) is 0 Å². The second kappa shape index (κ2) is 8.63. The smallest absolute Gasteiger partial charge is 0.218 e. The van der Waals surface area contributed by atoms with E-state index in [1.807, 2.05) is 0 Å². The number of rotatable bonds is 7. The molecular formula is C16H31N3O. The van der Waals surface area contributed by atoms with Crippen molar-refractivity contribution in [2.24, 2.45) is 17.6 Å². The highest BCUT2D eigenvalue weighted by Crippen LogP contribution is 2.25. The molecule has 0 aromatic carbocycles. The van der Waals surface area contributed by atoms with E-state index < -0.39 is 0 Å². The van der Waals surface area contributed by atoms with Crippen LogP contribution in [0.1, 0.15) is 51.4 Å². The van der Waals surface area contributed by atoms with E-state index in [2.05, 4.69) is 10.2 Å². The molecule has 2 fully saturated rings. The number of nitrogens with two attached hydrogens (primary N) is 1. The molecule has 0 radical (unpaired) electrons. The summed E-state index contributed by atoms with van der Waals surface area (Å²) >= 11 is 0. The van der Waals surface area contributed by atoms with E-state index in [1.54, 1.807) is 0 Å². The number of amides is 1. The molecule has 0 aliphatic carbocycles. The molecule has 1 amide bonds. The van der Waals surface area contributed by atoms with Crippen molar-refractivity contribution in [3.63, 3.8) is 0 Å². The van der Waals surface area contributed by atoms with E-state index >= 15 is 0 Å². The predicted molar refractivity (Wildman–Crippen MR) is 82.4 cm³/mol. The molecule has 0 spiro atoms. The lowest BCUT2D eigenvalue weighted by molar-refractivity contribution is -0.118. The third-order valence-electron chi connectivity index (χ3n) is 5.07. The number of nitrogens with zero attached hydrogens (tertiary/aromatic N) is 1. The zero-order valence-corrected chi connectivity index (χ0v) is 12.8. The van der Waals surface area contributed by atoms with Gasteiger partial charge in [0.1, 0.15) is 0 Å². The molecule has 2 rings (SSSR count). The highest BCUT2D eigenvalue weighted by molar-refractivity contribution is 5.73. The lowest BCUT2D eigenvalue weighted by Crippen LogP contribution is -2.36. The number of carbonyl (C=O) groups is 1. The van der Waals surface area contributed by atoms with Crippen LogP contribution in [-0.2, 0) is 4.79 Å². The normalized spacial score (nSPS) is 23.0. The third-order valence-corrected chi connectivity index (χ3v) is 5.07. The van der Waals surface area contributed by atoms with Crippen LogP contribution in [0.2, 0.25) is 0 Å². The molecule has 2 heterocycles. The Morgan fingerprint density at radius 2 is 1.65 bits per heavy atom. The third kappa shape index (κ3) is 5.80. The largest absolute Gasteiger partial charge is 0.370 e. The van der Waals surface area contributed by atoms with Crippen LogP contribution in [0.25, 0.3) is 0 Å². The molecule has 2 saturated heterocycles. The van der Waals surface area contributed by atoms with Crippen LogP contribution in [0.3, 0.4) is 0 Å². The summed E-state index contributed by atoms with van der Waals surface area (Å²) in [4.78, 5) is 13.2. The van der Waals surface area contributed by atoms with Crippen LogP contribution in [0.15, 0.2) is 0 Å². The molecule has 2 aliphatic rings. The van der Waals surface area contributed by atoms with Gasteiger partial charge in [0, 0.05) is 13.0 Å². The van der Waals surface area contributed by atoms with Gasteiger partial charge in [-0.25, -0.2) is 0 Å². The Morgan fingerprint density at radius 1 is 1.05 bits per heavy atom. The summed E-state index contributed by atoms with van der Waals surface area (Å²) in [6, 6.07) is 0. The molecular weight excluding hydrogens is 250 g/mol. The maximum atomic E-state index is 10.8. The minimum atomic E-state index is -0.172. The predicted octanol–water partition coefficient (Wildman–Crippen LogP) is 1.74. The molecule has 2 aliphatic heterocycles. The van der Waals surface area contributed by atoms with Gasteiger partial charge in [-0.05, 0) is 63.7 Å². The molecule has 0 aromatic rings. The summed E-state index contributed by atoms with van der Waals surface area (Å²) in [6.07, 6.45) is 10.2. The molecule has 3 N–H and O–H groups in total. The molecule has 20 heavy (non-hydrogen) atoms. The van der Waals surface area contributed by atoms with Crippen molar-refractivity contribution in [3.05, 3.63) is 0 Å². The van der Waals surface area contributed by atoms with Crippen molar-refractivity contribution in [1.82, 2.24) is 10.2 Å². The summed E-state index contributed by atoms with van der Waals surface area (Å²) < 4.78 is 0. The highest BCUT2D eigenvalue weighted by atomic mass is 16.1. The summed E-state index contributed by atoms with van der Waals surface area (Å²) in [5.74, 6) is 1.72. The van der Waals surface area contributed by atoms with Crippen molar-refractivity contribution in [3.8, 4) is 0 Å². The first-order chi connectivity index (χ1) is 9.74. The summed E-state index contributed by atoms with van der Waals surface area (Å²) in [5.41, 5.74) is 5.20. The maximum Gasteiger partial charge on any atom is 0.218 e. The second-order valence-electron chi connectivity index (χ2n) is 6.63. The summed E-state index contributed by atoms with van der Waals surface area (Å²) in [6.45, 7) is 5.62. The molecule has 0 saturated carbocycles. The standard InChI is InChI=1S/C16H31N3O/c17-16(20)8-13-19-11-6-15(7-12-19)3-1-2-14-4-9-18-10-5-14/h14-15,18H,1-13H2,(H2,17,20). The van der Waals surface area contributed by atoms with Gasteiger partial charge in [-0.2, -0.15) is 0 Å². The fourth-order valence-electron chi connectivity index (χ4n) is 3.63. The van der Waals surface area contributed by atoms with Gasteiger partial charge in [0.25, 0.3) is 0 Å².